The van der Waals surface area contributed by atoms with E-state index in [1.165, 1.54) is 6.92 Å². The summed E-state index contributed by atoms with van der Waals surface area (Å²) in [6, 6.07) is -1.15. The molecule has 26 heavy (non-hydrogen) atoms. The van der Waals surface area contributed by atoms with Crippen molar-refractivity contribution < 1.29 is 23.9 Å². The van der Waals surface area contributed by atoms with E-state index in [4.69, 9.17) is 4.74 Å². The van der Waals surface area contributed by atoms with Gasteiger partial charge in [-0.3, -0.25) is 14.9 Å². The van der Waals surface area contributed by atoms with Crippen LogP contribution < -0.4 is 10.6 Å². The van der Waals surface area contributed by atoms with Crippen LogP contribution in [-0.2, 0) is 19.1 Å². The minimum atomic E-state index is -1.11. The van der Waals surface area contributed by atoms with Crippen LogP contribution in [0.3, 0.4) is 0 Å². The third kappa shape index (κ3) is 3.82. The van der Waals surface area contributed by atoms with E-state index in [0.29, 0.717) is 18.6 Å². The molecule has 0 radical (unpaired) electrons. The van der Waals surface area contributed by atoms with Crippen LogP contribution in [0.4, 0.5) is 4.79 Å². The number of thioether (sulfide) groups is 1. The summed E-state index contributed by atoms with van der Waals surface area (Å²) in [7, 11) is 0. The van der Waals surface area contributed by atoms with Crippen LogP contribution in [-0.4, -0.2) is 57.5 Å². The van der Waals surface area contributed by atoms with Crippen LogP contribution in [0.2, 0.25) is 0 Å². The number of fused-ring (bicyclic) bond motifs is 1. The Morgan fingerprint density at radius 2 is 2.00 bits per heavy atom. The summed E-state index contributed by atoms with van der Waals surface area (Å²) in [5.74, 6) is -0.879. The summed E-state index contributed by atoms with van der Waals surface area (Å²) in [5, 5.41) is 4.96. The van der Waals surface area contributed by atoms with E-state index in [9.17, 15) is 19.2 Å². The molecule has 2 N–H and O–H groups in total. The van der Waals surface area contributed by atoms with Gasteiger partial charge >= 0.3 is 12.0 Å². The molecular formula is C17H25N3O5S. The van der Waals surface area contributed by atoms with Gasteiger partial charge in [0.05, 0.1) is 4.87 Å². The SMILES string of the molecule is C[C@@H](OC(=O)[C@@H]1CS[C@@]2(C)CCC(=O)N12)C(=O)NC(=O)NC1CCCC1. The number of nitrogens with zero attached hydrogens (tertiary/aromatic N) is 1. The monoisotopic (exact) mass is 383 g/mol. The Labute approximate surface area is 156 Å². The maximum Gasteiger partial charge on any atom is 0.330 e. The summed E-state index contributed by atoms with van der Waals surface area (Å²) in [6.45, 7) is 3.36. The van der Waals surface area contributed by atoms with Gasteiger partial charge in [0.2, 0.25) is 5.91 Å². The Bertz CT molecular complexity index is 622. The Hall–Kier alpha value is -1.77. The van der Waals surface area contributed by atoms with Crippen molar-refractivity contribution in [3.8, 4) is 0 Å². The molecule has 3 rings (SSSR count). The first kappa shape index (κ1) is 19.0. The molecule has 0 spiro atoms. The Kier molecular flexibility index (Phi) is 5.45. The fraction of sp³-hybridized carbons (Fsp3) is 0.765. The normalized spacial score (nSPS) is 29.4. The number of carbonyl (C=O) groups is 4. The number of imide groups is 1. The quantitative estimate of drug-likeness (QED) is 0.706. The molecular weight excluding hydrogens is 358 g/mol. The number of ether oxygens (including phenoxy) is 1. The molecule has 1 saturated carbocycles. The van der Waals surface area contributed by atoms with E-state index in [-0.39, 0.29) is 16.8 Å². The summed E-state index contributed by atoms with van der Waals surface area (Å²) in [6.07, 6.45) is 3.98. The number of hydrogen-bond acceptors (Lipinski definition) is 6. The summed E-state index contributed by atoms with van der Waals surface area (Å²) < 4.78 is 5.23. The number of amides is 4. The summed E-state index contributed by atoms with van der Waals surface area (Å²) in [5.41, 5.74) is 0. The third-order valence-electron chi connectivity index (χ3n) is 5.31. The van der Waals surface area contributed by atoms with Crippen LogP contribution in [0.1, 0.15) is 52.4 Å². The molecule has 3 aliphatic rings. The average molecular weight is 383 g/mol. The number of esters is 1. The predicted molar refractivity (Wildman–Crippen MR) is 95.2 cm³/mol. The highest BCUT2D eigenvalue weighted by molar-refractivity contribution is 8.01. The number of rotatable bonds is 4. The maximum atomic E-state index is 12.4. The van der Waals surface area contributed by atoms with E-state index in [1.54, 1.807) is 16.7 Å². The zero-order valence-electron chi connectivity index (χ0n) is 15.1. The van der Waals surface area contributed by atoms with Crippen molar-refractivity contribution >= 4 is 35.6 Å². The molecule has 1 aliphatic carbocycles. The van der Waals surface area contributed by atoms with Crippen molar-refractivity contribution in [3.05, 3.63) is 0 Å². The first-order valence-corrected chi connectivity index (χ1v) is 10.1. The van der Waals surface area contributed by atoms with Crippen LogP contribution in [0, 0.1) is 0 Å². The molecule has 2 aliphatic heterocycles. The minimum absolute atomic E-state index is 0.0625. The van der Waals surface area contributed by atoms with Crippen molar-refractivity contribution in [2.75, 3.05) is 5.75 Å². The molecule has 3 fully saturated rings. The molecule has 0 aromatic carbocycles. The van der Waals surface area contributed by atoms with Crippen LogP contribution in [0.15, 0.2) is 0 Å². The predicted octanol–water partition coefficient (Wildman–Crippen LogP) is 1.14. The van der Waals surface area contributed by atoms with E-state index in [2.05, 4.69) is 10.6 Å². The van der Waals surface area contributed by atoms with E-state index < -0.39 is 30.1 Å². The lowest BCUT2D eigenvalue weighted by Gasteiger charge is -2.29. The van der Waals surface area contributed by atoms with Gasteiger partial charge in [-0.2, -0.15) is 0 Å². The van der Waals surface area contributed by atoms with Crippen molar-refractivity contribution in [2.45, 2.75) is 75.4 Å². The fourth-order valence-electron chi connectivity index (χ4n) is 3.81. The first-order chi connectivity index (χ1) is 12.3. The highest BCUT2D eigenvalue weighted by Gasteiger charge is 2.53. The number of carbonyl (C=O) groups excluding carboxylic acids is 4. The molecule has 4 amide bonds. The van der Waals surface area contributed by atoms with E-state index >= 15 is 0 Å². The van der Waals surface area contributed by atoms with Crippen molar-refractivity contribution in [2.24, 2.45) is 0 Å². The van der Waals surface area contributed by atoms with Crippen LogP contribution in [0.5, 0.6) is 0 Å². The Morgan fingerprint density at radius 1 is 1.31 bits per heavy atom. The van der Waals surface area contributed by atoms with Gasteiger partial charge in [-0.1, -0.05) is 12.8 Å². The molecule has 0 aromatic heterocycles. The third-order valence-corrected chi connectivity index (χ3v) is 6.81. The minimum Gasteiger partial charge on any atom is -0.451 e. The van der Waals surface area contributed by atoms with Gasteiger partial charge in [0.25, 0.3) is 5.91 Å². The maximum absolute atomic E-state index is 12.4. The molecule has 0 bridgehead atoms. The molecule has 3 atom stereocenters. The highest BCUT2D eigenvalue weighted by atomic mass is 32.2. The van der Waals surface area contributed by atoms with Gasteiger partial charge in [-0.05, 0) is 33.1 Å². The Morgan fingerprint density at radius 3 is 2.69 bits per heavy atom. The second kappa shape index (κ2) is 7.46. The van der Waals surface area contributed by atoms with Gasteiger partial charge in [-0.15, -0.1) is 11.8 Å². The topological polar surface area (TPSA) is 105 Å². The van der Waals surface area contributed by atoms with Crippen molar-refractivity contribution in [1.82, 2.24) is 15.5 Å². The van der Waals surface area contributed by atoms with Crippen LogP contribution >= 0.6 is 11.8 Å². The lowest BCUT2D eigenvalue weighted by Crippen LogP contribution is -2.50. The van der Waals surface area contributed by atoms with Gasteiger partial charge in [-0.25, -0.2) is 9.59 Å². The lowest BCUT2D eigenvalue weighted by molar-refractivity contribution is -0.161. The molecule has 9 heteroatoms. The van der Waals surface area contributed by atoms with Gasteiger partial charge in [0, 0.05) is 18.2 Å². The van der Waals surface area contributed by atoms with Crippen LogP contribution in [0.25, 0.3) is 0 Å². The second-order valence-electron chi connectivity index (χ2n) is 7.29. The lowest BCUT2D eigenvalue weighted by atomic mass is 10.2. The van der Waals surface area contributed by atoms with Crippen molar-refractivity contribution in [3.63, 3.8) is 0 Å². The van der Waals surface area contributed by atoms with Gasteiger partial charge in [0.15, 0.2) is 6.10 Å². The standard InChI is InChI=1S/C17H25N3O5S/c1-10(14(22)19-16(24)18-11-5-3-4-6-11)25-15(23)12-9-26-17(2)8-7-13(21)20(12)17/h10-12H,3-9H2,1-2H3,(H2,18,19,22,24)/t10-,12+,17+/m1/s1. The highest BCUT2D eigenvalue weighted by Crippen LogP contribution is 2.47. The van der Waals surface area contributed by atoms with Gasteiger partial charge < -0.3 is 15.0 Å². The van der Waals surface area contributed by atoms with E-state index in [0.717, 1.165) is 25.7 Å². The molecule has 0 aromatic rings. The molecule has 0 unspecified atom stereocenters. The number of hydrogen-bond donors (Lipinski definition) is 2. The molecule has 144 valence electrons. The first-order valence-electron chi connectivity index (χ1n) is 9.08. The zero-order valence-corrected chi connectivity index (χ0v) is 15.9. The fourth-order valence-corrected chi connectivity index (χ4v) is 5.22. The number of nitrogens with one attached hydrogen (secondary N) is 2. The largest absolute Gasteiger partial charge is 0.451 e. The zero-order chi connectivity index (χ0) is 18.9. The summed E-state index contributed by atoms with van der Waals surface area (Å²) >= 11 is 1.56. The average Bonchev–Trinajstić information content (AvgIpc) is 3.26. The smallest absolute Gasteiger partial charge is 0.330 e. The Balaban J connectivity index is 1.50. The molecule has 8 nitrogen and oxygen atoms in total. The molecule has 2 heterocycles. The molecule has 2 saturated heterocycles. The van der Waals surface area contributed by atoms with Gasteiger partial charge in [0.1, 0.15) is 6.04 Å². The van der Waals surface area contributed by atoms with Crippen molar-refractivity contribution in [1.29, 1.82) is 0 Å². The second-order valence-corrected chi connectivity index (χ2v) is 8.79. The van der Waals surface area contributed by atoms with E-state index in [1.807, 2.05) is 6.92 Å². The number of urea groups is 1. The summed E-state index contributed by atoms with van der Waals surface area (Å²) in [4.78, 5) is 49.7.